The Morgan fingerprint density at radius 1 is 1.14 bits per heavy atom. The van der Waals surface area contributed by atoms with E-state index in [4.69, 9.17) is 4.74 Å². The van der Waals surface area contributed by atoms with Gasteiger partial charge in [0.05, 0.1) is 12.6 Å². The average molecular weight is 397 g/mol. The van der Waals surface area contributed by atoms with Crippen molar-refractivity contribution in [1.82, 2.24) is 10.2 Å². The van der Waals surface area contributed by atoms with Crippen molar-refractivity contribution >= 4 is 17.8 Å². The van der Waals surface area contributed by atoms with Crippen LogP contribution in [-0.4, -0.2) is 59.1 Å². The van der Waals surface area contributed by atoms with Crippen molar-refractivity contribution < 1.29 is 24.2 Å². The number of esters is 1. The average Bonchev–Trinajstić information content (AvgIpc) is 3.24. The van der Waals surface area contributed by atoms with Gasteiger partial charge in [-0.3, -0.25) is 9.59 Å². The van der Waals surface area contributed by atoms with E-state index in [2.05, 4.69) is 5.32 Å². The number of hydrogen-bond donors (Lipinski definition) is 2. The topological polar surface area (TPSA) is 95.9 Å². The molecule has 1 heterocycles. The van der Waals surface area contributed by atoms with Crippen LogP contribution in [0.4, 0.5) is 0 Å². The van der Waals surface area contributed by atoms with Crippen LogP contribution in [0.2, 0.25) is 0 Å². The predicted octanol–water partition coefficient (Wildman–Crippen LogP) is 2.72. The summed E-state index contributed by atoms with van der Waals surface area (Å²) in [6.07, 6.45) is 9.07. The van der Waals surface area contributed by atoms with E-state index in [0.717, 1.165) is 57.9 Å². The van der Waals surface area contributed by atoms with Gasteiger partial charge in [0.2, 0.25) is 5.91 Å². The molecule has 0 radical (unpaired) electrons. The number of amides is 1. The minimum atomic E-state index is -0.877. The summed E-state index contributed by atoms with van der Waals surface area (Å²) in [5.41, 5.74) is 0. The van der Waals surface area contributed by atoms with Crippen molar-refractivity contribution in [2.45, 2.75) is 96.2 Å². The van der Waals surface area contributed by atoms with E-state index in [0.29, 0.717) is 25.4 Å². The number of carboxylic acid groups (broad SMARTS) is 1. The highest BCUT2D eigenvalue weighted by molar-refractivity contribution is 5.87. The maximum atomic E-state index is 12.9. The number of ether oxygens (including phenoxy) is 1. The summed E-state index contributed by atoms with van der Waals surface area (Å²) in [6, 6.07) is -0.909. The van der Waals surface area contributed by atoms with Crippen molar-refractivity contribution in [2.24, 2.45) is 5.92 Å². The number of carbonyl (C=O) groups excluding carboxylic acids is 2. The van der Waals surface area contributed by atoms with Crippen LogP contribution in [-0.2, 0) is 19.1 Å². The standard InChI is InChI=1S/C21H36N2O5/c1-3-28-19(24)12-7-5-4-6-8-13-22-15(2)20(25)23-17-11-9-10-16(17)14-18(23)21(26)27/h15-18,22H,3-14H2,1-2H3,(H,26,27)/t15-,16-,17+,18-/m0/s1. The SMILES string of the molecule is CCOC(=O)CCCCCCCN[C@@H](C)C(=O)N1[C@@H]2CCC[C@H]2C[C@H]1C(=O)O. The highest BCUT2D eigenvalue weighted by Crippen LogP contribution is 2.41. The third-order valence-corrected chi connectivity index (χ3v) is 6.06. The first kappa shape index (κ1) is 22.7. The van der Waals surface area contributed by atoms with Crippen molar-refractivity contribution in [1.29, 1.82) is 0 Å². The summed E-state index contributed by atoms with van der Waals surface area (Å²) in [5.74, 6) is -0.719. The van der Waals surface area contributed by atoms with Crippen LogP contribution in [0, 0.1) is 5.92 Å². The van der Waals surface area contributed by atoms with E-state index >= 15 is 0 Å². The molecule has 1 aliphatic heterocycles. The van der Waals surface area contributed by atoms with Gasteiger partial charge in [-0.25, -0.2) is 4.79 Å². The van der Waals surface area contributed by atoms with Crippen molar-refractivity contribution in [3.05, 3.63) is 0 Å². The maximum Gasteiger partial charge on any atom is 0.326 e. The monoisotopic (exact) mass is 396 g/mol. The second-order valence-corrected chi connectivity index (χ2v) is 8.09. The molecule has 2 fully saturated rings. The zero-order valence-electron chi connectivity index (χ0n) is 17.3. The molecular weight excluding hydrogens is 360 g/mol. The van der Waals surface area contributed by atoms with Gasteiger partial charge in [0, 0.05) is 12.5 Å². The third-order valence-electron chi connectivity index (χ3n) is 6.06. The molecule has 1 aliphatic carbocycles. The number of carbonyl (C=O) groups is 3. The van der Waals surface area contributed by atoms with Crippen LogP contribution in [0.1, 0.15) is 78.1 Å². The molecule has 0 bridgehead atoms. The summed E-state index contributed by atoms with van der Waals surface area (Å²) in [5, 5.41) is 12.8. The summed E-state index contributed by atoms with van der Waals surface area (Å²) in [7, 11) is 0. The van der Waals surface area contributed by atoms with Gasteiger partial charge >= 0.3 is 11.9 Å². The number of nitrogens with one attached hydrogen (secondary N) is 1. The molecule has 0 spiro atoms. The largest absolute Gasteiger partial charge is 0.480 e. The van der Waals surface area contributed by atoms with Crippen LogP contribution < -0.4 is 5.32 Å². The normalized spacial score (nSPS) is 24.8. The van der Waals surface area contributed by atoms with Crippen LogP contribution in [0.15, 0.2) is 0 Å². The maximum absolute atomic E-state index is 12.9. The number of hydrogen-bond acceptors (Lipinski definition) is 5. The van der Waals surface area contributed by atoms with Crippen molar-refractivity contribution in [3.8, 4) is 0 Å². The second-order valence-electron chi connectivity index (χ2n) is 8.09. The number of aliphatic carboxylic acids is 1. The fourth-order valence-corrected chi connectivity index (χ4v) is 4.61. The zero-order chi connectivity index (χ0) is 20.5. The van der Waals surface area contributed by atoms with Crippen LogP contribution in [0.3, 0.4) is 0 Å². The number of rotatable bonds is 12. The summed E-state index contributed by atoms with van der Waals surface area (Å²) in [6.45, 7) is 4.83. The van der Waals surface area contributed by atoms with Crippen LogP contribution in [0.25, 0.3) is 0 Å². The Morgan fingerprint density at radius 3 is 2.57 bits per heavy atom. The number of nitrogens with zero attached hydrogens (tertiary/aromatic N) is 1. The van der Waals surface area contributed by atoms with E-state index in [9.17, 15) is 19.5 Å². The first-order valence-electron chi connectivity index (χ1n) is 10.9. The Balaban J connectivity index is 1.63. The van der Waals surface area contributed by atoms with Gasteiger partial charge in [0.15, 0.2) is 0 Å². The van der Waals surface area contributed by atoms with Crippen molar-refractivity contribution in [2.75, 3.05) is 13.2 Å². The van der Waals surface area contributed by atoms with E-state index < -0.39 is 12.0 Å². The van der Waals surface area contributed by atoms with Gasteiger partial charge in [-0.1, -0.05) is 25.7 Å². The second kappa shape index (κ2) is 11.4. The molecule has 0 aromatic rings. The molecule has 1 saturated heterocycles. The molecule has 2 N–H and O–H groups in total. The Labute approximate surface area is 168 Å². The number of fused-ring (bicyclic) bond motifs is 1. The Hall–Kier alpha value is -1.63. The van der Waals surface area contributed by atoms with E-state index in [1.165, 1.54) is 0 Å². The third kappa shape index (κ3) is 6.19. The molecule has 7 heteroatoms. The Bertz CT molecular complexity index is 539. The Morgan fingerprint density at radius 2 is 1.86 bits per heavy atom. The first-order chi connectivity index (χ1) is 13.5. The van der Waals surface area contributed by atoms with E-state index in [-0.39, 0.29) is 24.0 Å². The molecule has 4 atom stereocenters. The molecule has 28 heavy (non-hydrogen) atoms. The molecule has 0 aromatic heterocycles. The van der Waals surface area contributed by atoms with E-state index in [1.807, 2.05) is 13.8 Å². The fraction of sp³-hybridized carbons (Fsp3) is 0.857. The fourth-order valence-electron chi connectivity index (χ4n) is 4.61. The molecule has 0 unspecified atom stereocenters. The zero-order valence-corrected chi connectivity index (χ0v) is 17.3. The number of unbranched alkanes of at least 4 members (excludes halogenated alkanes) is 4. The summed E-state index contributed by atoms with van der Waals surface area (Å²) in [4.78, 5) is 37.4. The minimum absolute atomic E-state index is 0.0729. The molecule has 1 saturated carbocycles. The lowest BCUT2D eigenvalue weighted by molar-refractivity contribution is -0.150. The summed E-state index contributed by atoms with van der Waals surface area (Å²) < 4.78 is 4.90. The first-order valence-corrected chi connectivity index (χ1v) is 10.9. The molecular formula is C21H36N2O5. The number of likely N-dealkylation sites (tertiary alicyclic amines) is 1. The van der Waals surface area contributed by atoms with Crippen LogP contribution in [0.5, 0.6) is 0 Å². The molecule has 7 nitrogen and oxygen atoms in total. The lowest BCUT2D eigenvalue weighted by Gasteiger charge is -2.30. The number of carboxylic acids is 1. The highest BCUT2D eigenvalue weighted by Gasteiger charge is 2.49. The molecule has 1 amide bonds. The predicted molar refractivity (Wildman–Crippen MR) is 106 cm³/mol. The quantitative estimate of drug-likeness (QED) is 0.389. The molecule has 2 rings (SSSR count). The van der Waals surface area contributed by atoms with Gasteiger partial charge in [0.1, 0.15) is 6.04 Å². The van der Waals surface area contributed by atoms with Crippen molar-refractivity contribution in [3.63, 3.8) is 0 Å². The van der Waals surface area contributed by atoms with E-state index in [1.54, 1.807) is 4.90 Å². The highest BCUT2D eigenvalue weighted by atomic mass is 16.5. The van der Waals surface area contributed by atoms with Gasteiger partial charge in [0.25, 0.3) is 0 Å². The smallest absolute Gasteiger partial charge is 0.326 e. The van der Waals surface area contributed by atoms with Gasteiger partial charge in [-0.15, -0.1) is 0 Å². The Kier molecular flexibility index (Phi) is 9.22. The molecule has 160 valence electrons. The van der Waals surface area contributed by atoms with Gasteiger partial charge < -0.3 is 20.1 Å². The van der Waals surface area contributed by atoms with Gasteiger partial charge in [-0.05, 0) is 58.4 Å². The molecule has 2 aliphatic rings. The minimum Gasteiger partial charge on any atom is -0.480 e. The van der Waals surface area contributed by atoms with Crippen LogP contribution >= 0.6 is 0 Å². The lowest BCUT2D eigenvalue weighted by atomic mass is 10.0. The lowest BCUT2D eigenvalue weighted by Crippen LogP contribution is -2.52. The summed E-state index contributed by atoms with van der Waals surface area (Å²) >= 11 is 0. The van der Waals surface area contributed by atoms with Gasteiger partial charge in [-0.2, -0.15) is 0 Å². The molecule has 0 aromatic carbocycles.